The summed E-state index contributed by atoms with van der Waals surface area (Å²) in [4.78, 5) is 50.3. The molecule has 1 atom stereocenters. The molecule has 3 fully saturated rings. The van der Waals surface area contributed by atoms with Crippen molar-refractivity contribution in [1.29, 1.82) is 5.26 Å². The number of nitriles is 1. The second-order valence-corrected chi connectivity index (χ2v) is 15.0. The Kier molecular flexibility index (Phi) is 17.1. The highest BCUT2D eigenvalue weighted by Gasteiger charge is 2.48. The number of carboxylic acid groups (broad SMARTS) is 3. The molecule has 7 rings (SSSR count). The van der Waals surface area contributed by atoms with Crippen molar-refractivity contribution < 1.29 is 92.2 Å². The van der Waals surface area contributed by atoms with Gasteiger partial charge < -0.3 is 30.1 Å². The van der Waals surface area contributed by atoms with E-state index in [1.165, 1.54) is 12.4 Å². The standard InChI is InChI=1S/C31H35F3N10O2.3C2HF3O2/c32-31(33,34)29-40-21(15-42-11-1-2-23(42)16-45)12-26(41-29)46-24-5-3-22(4-6-24)43-17-30(18-43,8-9-35)44-14-20(13-39-44)27-25-7-10-36-28(25)38-19-37-27;3*3-2(4,5)1(6)7/h7,10,12-14,19,22-24,45H,1-6,8,11,15-18H2,(H,36,37,38);3*(H,6,7)/t22?,23-,24?;;;/m1.../s1. The number of aliphatic carboxylic acids is 3. The van der Waals surface area contributed by atoms with Crippen LogP contribution in [-0.2, 0) is 32.6 Å². The normalized spacial score (nSPS) is 19.9. The SMILES string of the molecule is N#CCC1(n2cc(-c3ncnc4[nH]ccc34)cn2)CN(C2CCC(Oc3cc(CN4CCC[C@@H]4CO)nc(C(F)(F)F)n3)CC2)C1.O=C(O)C(F)(F)F.O=C(O)C(F)(F)F.O=C(O)C(F)(F)F. The Morgan fingerprint density at radius 1 is 0.866 bits per heavy atom. The van der Waals surface area contributed by atoms with Gasteiger partial charge in [0.15, 0.2) is 0 Å². The number of hydrogen-bond donors (Lipinski definition) is 5. The Balaban J connectivity index is 0.000000389. The minimum absolute atomic E-state index is 0.0398. The number of nitrogens with zero attached hydrogens (tertiary/aromatic N) is 9. The molecule has 5 N–H and O–H groups in total. The first-order valence-electron chi connectivity index (χ1n) is 19.4. The Morgan fingerprint density at radius 3 is 1.97 bits per heavy atom. The quantitative estimate of drug-likeness (QED) is 0.124. The van der Waals surface area contributed by atoms with Crippen LogP contribution in [0.15, 0.2) is 37.1 Å². The minimum atomic E-state index is -5.08. The molecule has 1 saturated carbocycles. The maximum Gasteiger partial charge on any atom is 0.490 e. The number of alkyl halides is 12. The molecule has 3 aliphatic rings. The average Bonchev–Trinajstić information content (AvgIpc) is 4.01. The lowest BCUT2D eigenvalue weighted by Gasteiger charge is -2.53. The highest BCUT2D eigenvalue weighted by molar-refractivity contribution is 5.90. The number of aromatic nitrogens is 7. The van der Waals surface area contributed by atoms with Gasteiger partial charge in [-0.3, -0.25) is 14.5 Å². The van der Waals surface area contributed by atoms with Crippen LogP contribution in [0.1, 0.15) is 56.5 Å². The fraction of sp³-hybridized carbons (Fsp3) is 0.541. The Labute approximate surface area is 368 Å². The van der Waals surface area contributed by atoms with E-state index >= 15 is 0 Å². The number of nitrogens with one attached hydrogen (secondary N) is 1. The number of H-pyrrole nitrogens is 1. The van der Waals surface area contributed by atoms with Crippen LogP contribution < -0.4 is 4.74 Å². The Morgan fingerprint density at radius 2 is 1.45 bits per heavy atom. The van der Waals surface area contributed by atoms with Gasteiger partial charge >= 0.3 is 42.6 Å². The summed E-state index contributed by atoms with van der Waals surface area (Å²) >= 11 is 0. The molecule has 0 bridgehead atoms. The van der Waals surface area contributed by atoms with Gasteiger partial charge in [-0.2, -0.15) is 68.0 Å². The van der Waals surface area contributed by atoms with Crippen LogP contribution in [0.25, 0.3) is 22.3 Å². The van der Waals surface area contributed by atoms with Crippen LogP contribution in [0.3, 0.4) is 0 Å². The second kappa shape index (κ2) is 21.5. The second-order valence-electron chi connectivity index (χ2n) is 15.0. The largest absolute Gasteiger partial charge is 0.490 e. The molecule has 0 amide bonds. The van der Waals surface area contributed by atoms with Gasteiger partial charge in [0, 0.05) is 61.1 Å². The predicted molar refractivity (Wildman–Crippen MR) is 200 cm³/mol. The van der Waals surface area contributed by atoms with Gasteiger partial charge in [-0.05, 0) is 51.1 Å². The molecular formula is C37H38F12N10O8. The third kappa shape index (κ3) is 14.6. The molecule has 0 aromatic carbocycles. The van der Waals surface area contributed by atoms with Crippen LogP contribution in [0.4, 0.5) is 52.7 Å². The number of fused-ring (bicyclic) bond motifs is 1. The number of likely N-dealkylation sites (tertiary alicyclic amines) is 2. The van der Waals surface area contributed by atoms with Crippen molar-refractivity contribution in [3.63, 3.8) is 0 Å². The zero-order chi connectivity index (χ0) is 50.1. The first-order valence-corrected chi connectivity index (χ1v) is 19.4. The average molecular weight is 979 g/mol. The third-order valence-corrected chi connectivity index (χ3v) is 10.4. The molecule has 2 aliphatic heterocycles. The number of aromatic amines is 1. The number of carbonyl (C=O) groups is 3. The zero-order valence-electron chi connectivity index (χ0n) is 34.2. The lowest BCUT2D eigenvalue weighted by Crippen LogP contribution is -2.65. The summed E-state index contributed by atoms with van der Waals surface area (Å²) in [7, 11) is 0. The first kappa shape index (κ1) is 53.3. The van der Waals surface area contributed by atoms with Crippen LogP contribution >= 0.6 is 0 Å². The molecular weight excluding hydrogens is 940 g/mol. The molecule has 1 aliphatic carbocycles. The summed E-state index contributed by atoms with van der Waals surface area (Å²) in [5, 5.41) is 46.2. The summed E-state index contributed by atoms with van der Waals surface area (Å²) in [5.41, 5.74) is 2.18. The minimum Gasteiger partial charge on any atom is -0.475 e. The van der Waals surface area contributed by atoms with Crippen molar-refractivity contribution >= 4 is 28.9 Å². The van der Waals surface area contributed by atoms with Crippen LogP contribution in [-0.4, -0.2) is 146 Å². The highest BCUT2D eigenvalue weighted by atomic mass is 19.4. The molecule has 0 spiro atoms. The lowest BCUT2D eigenvalue weighted by molar-refractivity contribution is -0.193. The lowest BCUT2D eigenvalue weighted by atomic mass is 9.82. The molecule has 30 heteroatoms. The van der Waals surface area contributed by atoms with Gasteiger partial charge in [0.2, 0.25) is 11.7 Å². The molecule has 6 heterocycles. The molecule has 368 valence electrons. The van der Waals surface area contributed by atoms with Gasteiger partial charge in [-0.15, -0.1) is 0 Å². The van der Waals surface area contributed by atoms with E-state index < -0.39 is 54.0 Å². The first-order chi connectivity index (χ1) is 31.1. The van der Waals surface area contributed by atoms with Crippen LogP contribution in [0.5, 0.6) is 5.88 Å². The van der Waals surface area contributed by atoms with E-state index in [4.69, 9.17) is 34.4 Å². The molecule has 2 saturated heterocycles. The van der Waals surface area contributed by atoms with Gasteiger partial charge in [0.25, 0.3) is 0 Å². The maximum atomic E-state index is 13.7. The van der Waals surface area contributed by atoms with Gasteiger partial charge in [-0.25, -0.2) is 29.3 Å². The van der Waals surface area contributed by atoms with E-state index in [9.17, 15) is 63.1 Å². The van der Waals surface area contributed by atoms with E-state index in [0.717, 1.165) is 48.0 Å². The molecule has 4 aromatic rings. The number of halogens is 12. The third-order valence-electron chi connectivity index (χ3n) is 10.4. The van der Waals surface area contributed by atoms with E-state index in [0.29, 0.717) is 38.9 Å². The number of aliphatic hydroxyl groups excluding tert-OH is 1. The fourth-order valence-corrected chi connectivity index (χ4v) is 7.22. The van der Waals surface area contributed by atoms with E-state index in [1.54, 1.807) is 6.20 Å². The van der Waals surface area contributed by atoms with Crippen molar-refractivity contribution in [3.05, 3.63) is 48.6 Å². The highest BCUT2D eigenvalue weighted by Crippen LogP contribution is 2.39. The van der Waals surface area contributed by atoms with Crippen LogP contribution in [0, 0.1) is 11.3 Å². The molecule has 67 heavy (non-hydrogen) atoms. The van der Waals surface area contributed by atoms with Crippen molar-refractivity contribution in [2.24, 2.45) is 0 Å². The molecule has 4 aromatic heterocycles. The molecule has 0 radical (unpaired) electrons. The van der Waals surface area contributed by atoms with Crippen molar-refractivity contribution in [1.82, 2.24) is 44.5 Å². The fourth-order valence-electron chi connectivity index (χ4n) is 7.22. The predicted octanol–water partition coefficient (Wildman–Crippen LogP) is 5.80. The monoisotopic (exact) mass is 978 g/mol. The zero-order valence-corrected chi connectivity index (χ0v) is 34.2. The van der Waals surface area contributed by atoms with E-state index in [1.807, 2.05) is 28.0 Å². The molecule has 18 nitrogen and oxygen atoms in total. The summed E-state index contributed by atoms with van der Waals surface area (Å²) in [6.07, 6.45) is -8.13. The van der Waals surface area contributed by atoms with Crippen molar-refractivity contribution in [2.75, 3.05) is 26.2 Å². The van der Waals surface area contributed by atoms with Crippen molar-refractivity contribution in [3.8, 4) is 23.2 Å². The van der Waals surface area contributed by atoms with E-state index in [-0.39, 0.29) is 42.9 Å². The Bertz CT molecular complexity index is 2290. The summed E-state index contributed by atoms with van der Waals surface area (Å²) in [5.74, 6) is -9.54. The maximum absolute atomic E-state index is 13.7. The number of hydrogen-bond acceptors (Lipinski definition) is 13. The summed E-state index contributed by atoms with van der Waals surface area (Å²) in [6, 6.07) is 5.97. The van der Waals surface area contributed by atoms with Gasteiger partial charge in [-0.1, -0.05) is 0 Å². The number of carboxylic acids is 3. The molecule has 0 unspecified atom stereocenters. The number of aliphatic hydroxyl groups is 1. The van der Waals surface area contributed by atoms with Gasteiger partial charge in [0.05, 0.1) is 36.7 Å². The summed E-state index contributed by atoms with van der Waals surface area (Å²) < 4.78 is 144. The van der Waals surface area contributed by atoms with Gasteiger partial charge in [0.1, 0.15) is 23.6 Å². The van der Waals surface area contributed by atoms with Crippen LogP contribution in [0.2, 0.25) is 0 Å². The van der Waals surface area contributed by atoms with Crippen molar-refractivity contribution in [2.45, 2.75) is 99.9 Å². The topological polar surface area (TPSA) is 257 Å². The smallest absolute Gasteiger partial charge is 0.475 e. The van der Waals surface area contributed by atoms with E-state index in [2.05, 4.69) is 41.0 Å². The number of ether oxygens (including phenoxy) is 1. The Hall–Kier alpha value is -6.35. The number of rotatable bonds is 9. The summed E-state index contributed by atoms with van der Waals surface area (Å²) in [6.45, 7) is 2.21.